The largest absolute Gasteiger partial charge is 0.303 e. The first-order chi connectivity index (χ1) is 9.90. The highest BCUT2D eigenvalue weighted by molar-refractivity contribution is 7.89. The van der Waals surface area contributed by atoms with Gasteiger partial charge in [-0.2, -0.15) is 0 Å². The van der Waals surface area contributed by atoms with Gasteiger partial charge < -0.3 is 4.90 Å². The Kier molecular flexibility index (Phi) is 5.66. The highest BCUT2D eigenvalue weighted by Gasteiger charge is 2.25. The molecule has 2 rings (SSSR count). The maximum Gasteiger partial charge on any atom is 0.213 e. The van der Waals surface area contributed by atoms with E-state index >= 15 is 0 Å². The predicted molar refractivity (Wildman–Crippen MR) is 87.3 cm³/mol. The zero-order valence-electron chi connectivity index (χ0n) is 12.6. The normalized spacial score (nSPS) is 20.3. The number of likely N-dealkylation sites (tertiary alicyclic amines) is 1. The first kappa shape index (κ1) is 16.7. The van der Waals surface area contributed by atoms with Crippen LogP contribution < -0.4 is 0 Å². The van der Waals surface area contributed by atoms with Crippen LogP contribution in [0.1, 0.15) is 24.3 Å². The number of halogens is 1. The fourth-order valence-electron chi connectivity index (χ4n) is 2.75. The molecule has 0 spiro atoms. The molecule has 0 bridgehead atoms. The monoisotopic (exact) mass is 330 g/mol. The second-order valence-corrected chi connectivity index (χ2v) is 8.47. The molecule has 1 atom stereocenters. The van der Waals surface area contributed by atoms with Crippen LogP contribution in [0.25, 0.3) is 0 Å². The van der Waals surface area contributed by atoms with E-state index in [0.717, 1.165) is 31.1 Å². The molecule has 118 valence electrons. The average molecular weight is 331 g/mol. The van der Waals surface area contributed by atoms with Gasteiger partial charge >= 0.3 is 0 Å². The summed E-state index contributed by atoms with van der Waals surface area (Å²) in [5.41, 5.74) is 1.21. The van der Waals surface area contributed by atoms with Crippen molar-refractivity contribution >= 4 is 21.6 Å². The summed E-state index contributed by atoms with van der Waals surface area (Å²) in [6.45, 7) is 2.80. The van der Waals surface area contributed by atoms with Gasteiger partial charge in [0.25, 0.3) is 0 Å². The van der Waals surface area contributed by atoms with E-state index in [9.17, 15) is 8.42 Å². The molecule has 0 N–H and O–H groups in total. The van der Waals surface area contributed by atoms with Gasteiger partial charge in [0, 0.05) is 25.7 Å². The lowest BCUT2D eigenvalue weighted by Crippen LogP contribution is -2.28. The van der Waals surface area contributed by atoms with E-state index in [1.54, 1.807) is 14.1 Å². The van der Waals surface area contributed by atoms with Crippen molar-refractivity contribution < 1.29 is 8.42 Å². The van der Waals surface area contributed by atoms with Crippen molar-refractivity contribution in [3.05, 3.63) is 34.9 Å². The molecular formula is C15H23ClN2O2S. The SMILES string of the molecule is CN(C)S(=O)(=O)CCCN1CCC(c2ccccc2Cl)C1. The van der Waals surface area contributed by atoms with Crippen LogP contribution in [0.15, 0.2) is 24.3 Å². The van der Waals surface area contributed by atoms with Crippen molar-refractivity contribution in [2.45, 2.75) is 18.8 Å². The lowest BCUT2D eigenvalue weighted by molar-refractivity contribution is 0.334. The summed E-state index contributed by atoms with van der Waals surface area (Å²) in [6.07, 6.45) is 1.76. The second-order valence-electron chi connectivity index (χ2n) is 5.76. The minimum absolute atomic E-state index is 0.216. The van der Waals surface area contributed by atoms with Crippen LogP contribution in [0.2, 0.25) is 5.02 Å². The first-order valence-electron chi connectivity index (χ1n) is 7.27. The van der Waals surface area contributed by atoms with E-state index < -0.39 is 10.0 Å². The Labute approximate surface area is 132 Å². The summed E-state index contributed by atoms with van der Waals surface area (Å²) in [4.78, 5) is 2.33. The third-order valence-corrected chi connectivity index (χ3v) is 6.31. The van der Waals surface area contributed by atoms with Crippen molar-refractivity contribution in [3.63, 3.8) is 0 Å². The standard InChI is InChI=1S/C15H23ClN2O2S/c1-17(2)21(19,20)11-5-9-18-10-8-13(12-18)14-6-3-4-7-15(14)16/h3-4,6-7,13H,5,8-12H2,1-2H3. The van der Waals surface area contributed by atoms with Gasteiger partial charge in [0.05, 0.1) is 5.75 Å². The number of nitrogens with zero attached hydrogens (tertiary/aromatic N) is 2. The van der Waals surface area contributed by atoms with Gasteiger partial charge in [-0.05, 0) is 43.5 Å². The zero-order valence-corrected chi connectivity index (χ0v) is 14.2. The summed E-state index contributed by atoms with van der Waals surface area (Å²) in [6, 6.07) is 7.99. The van der Waals surface area contributed by atoms with Crippen LogP contribution in [0.5, 0.6) is 0 Å². The third kappa shape index (κ3) is 4.42. The van der Waals surface area contributed by atoms with E-state index in [1.807, 2.05) is 18.2 Å². The highest BCUT2D eigenvalue weighted by atomic mass is 35.5. The number of hydrogen-bond donors (Lipinski definition) is 0. The van der Waals surface area contributed by atoms with Gasteiger partial charge in [-0.15, -0.1) is 0 Å². The van der Waals surface area contributed by atoms with Gasteiger partial charge in [0.2, 0.25) is 10.0 Å². The molecule has 4 nitrogen and oxygen atoms in total. The van der Waals surface area contributed by atoms with Gasteiger partial charge in [-0.25, -0.2) is 12.7 Å². The van der Waals surface area contributed by atoms with Crippen molar-refractivity contribution in [1.29, 1.82) is 0 Å². The van der Waals surface area contributed by atoms with Crippen LogP contribution in [0.3, 0.4) is 0 Å². The minimum atomic E-state index is -3.08. The molecule has 1 aliphatic rings. The van der Waals surface area contributed by atoms with E-state index in [0.29, 0.717) is 12.3 Å². The van der Waals surface area contributed by atoms with Crippen LogP contribution in [0, 0.1) is 0 Å². The van der Waals surface area contributed by atoms with Crippen molar-refractivity contribution in [2.75, 3.05) is 39.5 Å². The molecule has 0 radical (unpaired) electrons. The molecule has 1 unspecified atom stereocenters. The summed E-state index contributed by atoms with van der Waals surface area (Å²) >= 11 is 6.25. The molecule has 0 amide bonds. The fraction of sp³-hybridized carbons (Fsp3) is 0.600. The summed E-state index contributed by atoms with van der Waals surface area (Å²) in [7, 11) is 0.0872. The Morgan fingerprint density at radius 3 is 2.71 bits per heavy atom. The fourth-order valence-corrected chi connectivity index (χ4v) is 3.90. The molecule has 1 aromatic carbocycles. The number of benzene rings is 1. The topological polar surface area (TPSA) is 40.6 Å². The maximum atomic E-state index is 11.7. The van der Waals surface area contributed by atoms with Crippen LogP contribution in [-0.2, 0) is 10.0 Å². The Hall–Kier alpha value is -0.620. The lowest BCUT2D eigenvalue weighted by atomic mass is 9.98. The Bertz CT molecular complexity index is 575. The van der Waals surface area contributed by atoms with E-state index in [2.05, 4.69) is 11.0 Å². The average Bonchev–Trinajstić information content (AvgIpc) is 2.87. The minimum Gasteiger partial charge on any atom is -0.303 e. The van der Waals surface area contributed by atoms with Gasteiger partial charge in [-0.3, -0.25) is 0 Å². The predicted octanol–water partition coefficient (Wildman–Crippen LogP) is 2.41. The van der Waals surface area contributed by atoms with Crippen LogP contribution in [0.4, 0.5) is 0 Å². The Morgan fingerprint density at radius 2 is 2.05 bits per heavy atom. The van der Waals surface area contributed by atoms with Gasteiger partial charge in [0.15, 0.2) is 0 Å². The summed E-state index contributed by atoms with van der Waals surface area (Å²) in [5.74, 6) is 0.678. The summed E-state index contributed by atoms with van der Waals surface area (Å²) < 4.78 is 24.7. The molecule has 1 aliphatic heterocycles. The van der Waals surface area contributed by atoms with Crippen molar-refractivity contribution in [2.24, 2.45) is 0 Å². The quantitative estimate of drug-likeness (QED) is 0.804. The van der Waals surface area contributed by atoms with Crippen molar-refractivity contribution in [3.8, 4) is 0 Å². The van der Waals surface area contributed by atoms with E-state index in [4.69, 9.17) is 11.6 Å². The van der Waals surface area contributed by atoms with E-state index in [1.165, 1.54) is 9.87 Å². The molecule has 0 aliphatic carbocycles. The zero-order chi connectivity index (χ0) is 15.5. The molecule has 6 heteroatoms. The van der Waals surface area contributed by atoms with Crippen molar-refractivity contribution in [1.82, 2.24) is 9.21 Å². The molecular weight excluding hydrogens is 308 g/mol. The van der Waals surface area contributed by atoms with Gasteiger partial charge in [-0.1, -0.05) is 29.8 Å². The van der Waals surface area contributed by atoms with Crippen LogP contribution >= 0.6 is 11.6 Å². The molecule has 21 heavy (non-hydrogen) atoms. The molecule has 0 saturated carbocycles. The van der Waals surface area contributed by atoms with Crippen LogP contribution in [-0.4, -0.2) is 57.1 Å². The lowest BCUT2D eigenvalue weighted by Gasteiger charge is -2.17. The molecule has 1 heterocycles. The Balaban J connectivity index is 1.83. The maximum absolute atomic E-state index is 11.7. The molecule has 1 saturated heterocycles. The highest BCUT2D eigenvalue weighted by Crippen LogP contribution is 2.31. The number of sulfonamides is 1. The molecule has 1 aromatic rings. The molecule has 0 aromatic heterocycles. The van der Waals surface area contributed by atoms with Gasteiger partial charge in [0.1, 0.15) is 0 Å². The molecule has 1 fully saturated rings. The summed E-state index contributed by atoms with van der Waals surface area (Å²) in [5, 5.41) is 0.833. The first-order valence-corrected chi connectivity index (χ1v) is 9.26. The third-order valence-electron chi connectivity index (χ3n) is 4.05. The van der Waals surface area contributed by atoms with E-state index in [-0.39, 0.29) is 5.75 Å². The second kappa shape index (κ2) is 7.09. The number of rotatable bonds is 6. The smallest absolute Gasteiger partial charge is 0.213 e. The number of hydrogen-bond acceptors (Lipinski definition) is 3. The Morgan fingerprint density at radius 1 is 1.33 bits per heavy atom.